The molecule has 1 heterocycles. The Morgan fingerprint density at radius 3 is 2.46 bits per heavy atom. The number of hydrogen-bond acceptors (Lipinski definition) is 4. The van der Waals surface area contributed by atoms with Crippen molar-refractivity contribution >= 4 is 28.5 Å². The van der Waals surface area contributed by atoms with Gasteiger partial charge in [0.1, 0.15) is 17.6 Å². The van der Waals surface area contributed by atoms with Crippen molar-refractivity contribution in [3.8, 4) is 16.9 Å². The highest BCUT2D eigenvalue weighted by Gasteiger charge is 2.12. The molecule has 0 aliphatic carbocycles. The van der Waals surface area contributed by atoms with Gasteiger partial charge in [-0.1, -0.05) is 54.1 Å². The van der Waals surface area contributed by atoms with Crippen molar-refractivity contribution < 1.29 is 13.9 Å². The Bertz CT molecular complexity index is 1190. The molecule has 0 spiro atoms. The van der Waals surface area contributed by atoms with Crippen molar-refractivity contribution in [2.24, 2.45) is 0 Å². The zero-order valence-electron chi connectivity index (χ0n) is 14.7. The highest BCUT2D eigenvalue weighted by Crippen LogP contribution is 2.24. The van der Waals surface area contributed by atoms with Gasteiger partial charge in [0.25, 0.3) is 0 Å². The van der Waals surface area contributed by atoms with Gasteiger partial charge < -0.3 is 9.15 Å². The van der Waals surface area contributed by atoms with Crippen LogP contribution in [0.25, 0.3) is 22.1 Å². The highest BCUT2D eigenvalue weighted by molar-refractivity contribution is 6.30. The molecule has 0 atom stereocenters. The maximum absolute atomic E-state index is 12.8. The quantitative estimate of drug-likeness (QED) is 0.352. The van der Waals surface area contributed by atoms with E-state index in [9.17, 15) is 9.59 Å². The molecule has 3 aromatic carbocycles. The van der Waals surface area contributed by atoms with Crippen LogP contribution in [0.4, 0.5) is 0 Å². The molecule has 0 bridgehead atoms. The second kappa shape index (κ2) is 7.71. The van der Waals surface area contributed by atoms with Crippen LogP contribution >= 0.6 is 11.6 Å². The van der Waals surface area contributed by atoms with Gasteiger partial charge in [-0.3, -0.25) is 9.59 Å². The Labute approximate surface area is 166 Å². The molecule has 0 N–H and O–H groups in total. The largest absolute Gasteiger partial charge is 0.463 e. The molecule has 4 nitrogen and oxygen atoms in total. The van der Waals surface area contributed by atoms with E-state index in [2.05, 4.69) is 0 Å². The maximum Gasteiger partial charge on any atom is 0.315 e. The average Bonchev–Trinajstić information content (AvgIpc) is 2.70. The molecule has 28 heavy (non-hydrogen) atoms. The Hall–Kier alpha value is -3.37. The lowest BCUT2D eigenvalue weighted by Gasteiger charge is -2.07. The smallest absolute Gasteiger partial charge is 0.315 e. The van der Waals surface area contributed by atoms with Gasteiger partial charge >= 0.3 is 5.97 Å². The van der Waals surface area contributed by atoms with E-state index < -0.39 is 0 Å². The fraction of sp³-hybridized carbons (Fsp3) is 0.0435. The zero-order valence-corrected chi connectivity index (χ0v) is 15.5. The molecule has 1 aromatic heterocycles. The number of benzene rings is 3. The van der Waals surface area contributed by atoms with Gasteiger partial charge in [-0.05, 0) is 35.4 Å². The van der Waals surface area contributed by atoms with Crippen molar-refractivity contribution in [2.45, 2.75) is 6.42 Å². The maximum atomic E-state index is 12.8. The Morgan fingerprint density at radius 2 is 1.71 bits per heavy atom. The molecule has 0 aliphatic rings. The van der Waals surface area contributed by atoms with Crippen molar-refractivity contribution in [2.75, 3.05) is 0 Å². The number of carbonyl (C=O) groups excluding carboxylic acids is 1. The average molecular weight is 391 g/mol. The van der Waals surface area contributed by atoms with E-state index in [1.807, 2.05) is 30.3 Å². The topological polar surface area (TPSA) is 56.5 Å². The molecule has 0 saturated carbocycles. The van der Waals surface area contributed by atoms with Crippen LogP contribution in [0.3, 0.4) is 0 Å². The third-order valence-corrected chi connectivity index (χ3v) is 4.58. The Kier molecular flexibility index (Phi) is 4.96. The first kappa shape index (κ1) is 18.0. The van der Waals surface area contributed by atoms with Gasteiger partial charge in [0, 0.05) is 11.1 Å². The third-order valence-electron chi connectivity index (χ3n) is 4.32. The molecular formula is C23H15ClO4. The minimum Gasteiger partial charge on any atom is -0.463 e. The lowest BCUT2D eigenvalue weighted by molar-refractivity contribution is -0.133. The fourth-order valence-corrected chi connectivity index (χ4v) is 3.06. The summed E-state index contributed by atoms with van der Waals surface area (Å²) >= 11 is 5.90. The van der Waals surface area contributed by atoms with Crippen molar-refractivity contribution in [3.63, 3.8) is 0 Å². The molecule has 0 radical (unpaired) electrons. The SMILES string of the molecule is O=C(Cc1ccccc1)Oc1ccc2c(=O)c(-c3ccc(Cl)cc3)coc2c1. The number of hydrogen-bond donors (Lipinski definition) is 0. The Morgan fingerprint density at radius 1 is 0.964 bits per heavy atom. The number of esters is 1. The van der Waals surface area contributed by atoms with Crippen LogP contribution in [0.15, 0.2) is 88.3 Å². The van der Waals surface area contributed by atoms with Crippen molar-refractivity contribution in [1.29, 1.82) is 0 Å². The van der Waals surface area contributed by atoms with Crippen LogP contribution in [0.1, 0.15) is 5.56 Å². The number of halogens is 1. The van der Waals surface area contributed by atoms with Crippen molar-refractivity contribution in [3.05, 3.63) is 99.9 Å². The molecule has 4 rings (SSSR count). The van der Waals surface area contributed by atoms with Gasteiger partial charge in [0.15, 0.2) is 5.43 Å². The lowest BCUT2D eigenvalue weighted by Crippen LogP contribution is -2.11. The van der Waals surface area contributed by atoms with Crippen LogP contribution in [0.5, 0.6) is 5.75 Å². The van der Waals surface area contributed by atoms with E-state index in [-0.39, 0.29) is 17.8 Å². The van der Waals surface area contributed by atoms with Crippen LogP contribution in [0, 0.1) is 0 Å². The summed E-state index contributed by atoms with van der Waals surface area (Å²) in [5.41, 5.74) is 2.22. The normalized spacial score (nSPS) is 10.8. The van der Waals surface area contributed by atoms with Gasteiger partial charge in [-0.2, -0.15) is 0 Å². The minimum atomic E-state index is -0.384. The number of rotatable bonds is 4. The molecule has 0 saturated heterocycles. The highest BCUT2D eigenvalue weighted by atomic mass is 35.5. The summed E-state index contributed by atoms with van der Waals surface area (Å²) in [4.78, 5) is 24.9. The molecular weight excluding hydrogens is 376 g/mol. The molecule has 0 amide bonds. The molecule has 5 heteroatoms. The van der Waals surface area contributed by atoms with Gasteiger partial charge in [-0.25, -0.2) is 0 Å². The third kappa shape index (κ3) is 3.82. The summed E-state index contributed by atoms with van der Waals surface area (Å²) in [6, 6.07) is 21.0. The zero-order chi connectivity index (χ0) is 19.5. The van der Waals surface area contributed by atoms with Gasteiger partial charge in [-0.15, -0.1) is 0 Å². The summed E-state index contributed by atoms with van der Waals surface area (Å²) in [6.45, 7) is 0. The Balaban J connectivity index is 1.59. The van der Waals surface area contributed by atoms with E-state index >= 15 is 0 Å². The molecule has 0 unspecified atom stereocenters. The second-order valence-corrected chi connectivity index (χ2v) is 6.72. The predicted octanol–water partition coefficient (Wildman–Crippen LogP) is 5.26. The number of carbonyl (C=O) groups is 1. The van der Waals surface area contributed by atoms with E-state index in [0.29, 0.717) is 27.3 Å². The molecule has 4 aromatic rings. The molecule has 138 valence electrons. The van der Waals surface area contributed by atoms with Crippen molar-refractivity contribution in [1.82, 2.24) is 0 Å². The summed E-state index contributed by atoms with van der Waals surface area (Å²) < 4.78 is 11.0. The predicted molar refractivity (Wildman–Crippen MR) is 109 cm³/mol. The monoisotopic (exact) mass is 390 g/mol. The second-order valence-electron chi connectivity index (χ2n) is 6.28. The van der Waals surface area contributed by atoms with Crippen LogP contribution in [0.2, 0.25) is 5.02 Å². The summed E-state index contributed by atoms with van der Waals surface area (Å²) in [5, 5.41) is 1.01. The van der Waals surface area contributed by atoms with Gasteiger partial charge in [0.05, 0.1) is 17.4 Å². The standard InChI is InChI=1S/C23H15ClO4/c24-17-8-6-16(7-9-17)20-14-27-21-13-18(10-11-19(21)23(20)26)28-22(25)12-15-4-2-1-3-5-15/h1-11,13-14H,12H2. The van der Waals surface area contributed by atoms with Crippen LogP contribution < -0.4 is 10.2 Å². The summed E-state index contributed by atoms with van der Waals surface area (Å²) in [6.07, 6.45) is 1.57. The first-order chi connectivity index (χ1) is 13.6. The first-order valence-electron chi connectivity index (χ1n) is 8.66. The summed E-state index contributed by atoms with van der Waals surface area (Å²) in [5.74, 6) is -0.0542. The molecule has 0 aliphatic heterocycles. The first-order valence-corrected chi connectivity index (χ1v) is 9.04. The minimum absolute atomic E-state index is 0.161. The van der Waals surface area contributed by atoms with Crippen LogP contribution in [-0.4, -0.2) is 5.97 Å². The van der Waals surface area contributed by atoms with E-state index in [4.69, 9.17) is 20.8 Å². The van der Waals surface area contributed by atoms with Crippen LogP contribution in [-0.2, 0) is 11.2 Å². The molecule has 0 fully saturated rings. The van der Waals surface area contributed by atoms with E-state index in [1.165, 1.54) is 6.26 Å². The fourth-order valence-electron chi connectivity index (χ4n) is 2.93. The van der Waals surface area contributed by atoms with Gasteiger partial charge in [0.2, 0.25) is 0 Å². The van der Waals surface area contributed by atoms with E-state index in [1.54, 1.807) is 42.5 Å². The number of ether oxygens (including phenoxy) is 1. The summed E-state index contributed by atoms with van der Waals surface area (Å²) in [7, 11) is 0. The van der Waals surface area contributed by atoms with E-state index in [0.717, 1.165) is 11.1 Å². The lowest BCUT2D eigenvalue weighted by atomic mass is 10.1. The number of fused-ring (bicyclic) bond motifs is 1.